The molecule has 0 radical (unpaired) electrons. The molecule has 0 aliphatic carbocycles. The molecule has 0 unspecified atom stereocenters. The van der Waals surface area contributed by atoms with Crippen LogP contribution in [0.4, 0.5) is 8.78 Å². The highest BCUT2D eigenvalue weighted by Gasteiger charge is 2.14. The maximum absolute atomic E-state index is 14.3. The molecule has 0 amide bonds. The van der Waals surface area contributed by atoms with Crippen molar-refractivity contribution in [2.75, 3.05) is 6.61 Å². The zero-order chi connectivity index (χ0) is 19.9. The lowest BCUT2D eigenvalue weighted by molar-refractivity contribution is 0.294. The van der Waals surface area contributed by atoms with Crippen LogP contribution in [-0.2, 0) is 19.3 Å². The minimum Gasteiger partial charge on any atom is -0.490 e. The Bertz CT molecular complexity index is 899. The summed E-state index contributed by atoms with van der Waals surface area (Å²) in [4.78, 5) is 0. The van der Waals surface area contributed by atoms with E-state index in [2.05, 4.69) is 55.5 Å². The standard InChI is InChI=1S/C25H26F2O/c1-3-17-28-23-16-15-22(24(26)25(23)27)14-9-19-7-12-21(13-8-19)20-10-5-18(4-2)6-11-20/h5-8,10-13,15-16H,3-4,9,14,17H2,1-2H3. The highest BCUT2D eigenvalue weighted by Crippen LogP contribution is 2.25. The summed E-state index contributed by atoms with van der Waals surface area (Å²) in [5.74, 6) is -1.71. The molecule has 3 heteroatoms. The predicted molar refractivity (Wildman–Crippen MR) is 111 cm³/mol. The fraction of sp³-hybridized carbons (Fsp3) is 0.280. The van der Waals surface area contributed by atoms with Crippen LogP contribution in [0.25, 0.3) is 11.1 Å². The van der Waals surface area contributed by atoms with Gasteiger partial charge in [0.2, 0.25) is 5.82 Å². The molecule has 3 rings (SSSR count). The molecule has 0 saturated carbocycles. The molecular weight excluding hydrogens is 354 g/mol. The molecule has 0 spiro atoms. The van der Waals surface area contributed by atoms with Crippen molar-refractivity contribution in [3.63, 3.8) is 0 Å². The highest BCUT2D eigenvalue weighted by atomic mass is 19.2. The summed E-state index contributed by atoms with van der Waals surface area (Å²) in [5.41, 5.74) is 5.13. The first-order valence-corrected chi connectivity index (χ1v) is 9.90. The number of ether oxygens (including phenoxy) is 1. The van der Waals surface area contributed by atoms with Crippen LogP contribution in [0.1, 0.15) is 37.0 Å². The van der Waals surface area contributed by atoms with Gasteiger partial charge in [0.25, 0.3) is 0 Å². The van der Waals surface area contributed by atoms with E-state index < -0.39 is 11.6 Å². The summed E-state index contributed by atoms with van der Waals surface area (Å²) < 4.78 is 33.6. The minimum atomic E-state index is -0.892. The molecule has 0 bridgehead atoms. The number of aryl methyl sites for hydroxylation is 3. The summed E-state index contributed by atoms with van der Waals surface area (Å²) in [6.45, 7) is 4.45. The van der Waals surface area contributed by atoms with Crippen LogP contribution in [0, 0.1) is 11.6 Å². The van der Waals surface area contributed by atoms with E-state index in [1.165, 1.54) is 17.2 Å². The Morgan fingerprint density at radius 3 is 1.86 bits per heavy atom. The van der Waals surface area contributed by atoms with Crippen LogP contribution >= 0.6 is 0 Å². The zero-order valence-corrected chi connectivity index (χ0v) is 16.5. The van der Waals surface area contributed by atoms with Crippen LogP contribution in [-0.4, -0.2) is 6.61 Å². The summed E-state index contributed by atoms with van der Waals surface area (Å²) >= 11 is 0. The van der Waals surface area contributed by atoms with Gasteiger partial charge in [-0.3, -0.25) is 0 Å². The predicted octanol–water partition coefficient (Wildman–Crippen LogP) is 6.77. The smallest absolute Gasteiger partial charge is 0.200 e. The number of halogens is 2. The Hall–Kier alpha value is -2.68. The van der Waals surface area contributed by atoms with Crippen molar-refractivity contribution in [3.05, 3.63) is 89.0 Å². The second-order valence-corrected chi connectivity index (χ2v) is 6.95. The maximum atomic E-state index is 14.3. The average Bonchev–Trinajstić information content (AvgIpc) is 2.74. The lowest BCUT2D eigenvalue weighted by atomic mass is 9.99. The van der Waals surface area contributed by atoms with Crippen LogP contribution in [0.3, 0.4) is 0 Å². The monoisotopic (exact) mass is 380 g/mol. The normalized spacial score (nSPS) is 10.9. The van der Waals surface area contributed by atoms with E-state index in [1.807, 2.05) is 6.92 Å². The molecule has 0 N–H and O–H groups in total. The van der Waals surface area contributed by atoms with Crippen molar-refractivity contribution in [2.24, 2.45) is 0 Å². The van der Waals surface area contributed by atoms with E-state index in [9.17, 15) is 8.78 Å². The lowest BCUT2D eigenvalue weighted by Gasteiger charge is -2.10. The molecule has 0 aliphatic rings. The van der Waals surface area contributed by atoms with Crippen LogP contribution in [0.2, 0.25) is 0 Å². The van der Waals surface area contributed by atoms with Gasteiger partial charge in [0, 0.05) is 0 Å². The molecule has 0 heterocycles. The number of hydrogen-bond acceptors (Lipinski definition) is 1. The van der Waals surface area contributed by atoms with Crippen LogP contribution in [0.15, 0.2) is 60.7 Å². The first-order chi connectivity index (χ1) is 13.6. The van der Waals surface area contributed by atoms with E-state index in [0.717, 1.165) is 24.0 Å². The Morgan fingerprint density at radius 2 is 1.29 bits per heavy atom. The average molecular weight is 380 g/mol. The van der Waals surface area contributed by atoms with E-state index in [1.54, 1.807) is 6.07 Å². The van der Waals surface area contributed by atoms with Gasteiger partial charge in [0.15, 0.2) is 11.6 Å². The SMILES string of the molecule is CCCOc1ccc(CCc2ccc(-c3ccc(CC)cc3)cc2)c(F)c1F. The molecule has 0 fully saturated rings. The Labute approximate surface area is 166 Å². The third-order valence-corrected chi connectivity index (χ3v) is 4.92. The van der Waals surface area contributed by atoms with Crippen LogP contribution < -0.4 is 4.74 Å². The van der Waals surface area contributed by atoms with Crippen molar-refractivity contribution in [1.82, 2.24) is 0 Å². The van der Waals surface area contributed by atoms with Gasteiger partial charge in [0.05, 0.1) is 6.61 Å². The van der Waals surface area contributed by atoms with Gasteiger partial charge in [-0.25, -0.2) is 4.39 Å². The number of rotatable bonds is 8. The van der Waals surface area contributed by atoms with E-state index in [0.29, 0.717) is 25.0 Å². The molecule has 0 aromatic heterocycles. The Kier molecular flexibility index (Phi) is 6.80. The van der Waals surface area contributed by atoms with E-state index in [4.69, 9.17) is 4.74 Å². The van der Waals surface area contributed by atoms with Crippen molar-refractivity contribution >= 4 is 0 Å². The van der Waals surface area contributed by atoms with Gasteiger partial charge >= 0.3 is 0 Å². The van der Waals surface area contributed by atoms with Crippen molar-refractivity contribution in [3.8, 4) is 16.9 Å². The molecular formula is C25H26F2O. The fourth-order valence-electron chi connectivity index (χ4n) is 3.16. The van der Waals surface area contributed by atoms with E-state index >= 15 is 0 Å². The highest BCUT2D eigenvalue weighted by molar-refractivity contribution is 5.64. The molecule has 146 valence electrons. The second kappa shape index (κ2) is 9.50. The van der Waals surface area contributed by atoms with Gasteiger partial charge in [-0.1, -0.05) is 68.4 Å². The summed E-state index contributed by atoms with van der Waals surface area (Å²) in [6.07, 6.45) is 2.88. The molecule has 28 heavy (non-hydrogen) atoms. The van der Waals surface area contributed by atoms with Gasteiger partial charge in [-0.2, -0.15) is 4.39 Å². The van der Waals surface area contributed by atoms with Gasteiger partial charge in [-0.15, -0.1) is 0 Å². The summed E-state index contributed by atoms with van der Waals surface area (Å²) in [6, 6.07) is 20.0. The lowest BCUT2D eigenvalue weighted by Crippen LogP contribution is -2.03. The largest absolute Gasteiger partial charge is 0.490 e. The van der Waals surface area contributed by atoms with Gasteiger partial charge in [-0.05, 0) is 59.6 Å². The van der Waals surface area contributed by atoms with Crippen molar-refractivity contribution in [2.45, 2.75) is 39.5 Å². The van der Waals surface area contributed by atoms with Crippen LogP contribution in [0.5, 0.6) is 5.75 Å². The van der Waals surface area contributed by atoms with Gasteiger partial charge < -0.3 is 4.74 Å². The summed E-state index contributed by atoms with van der Waals surface area (Å²) in [5, 5.41) is 0. The molecule has 3 aromatic carbocycles. The second-order valence-electron chi connectivity index (χ2n) is 6.95. The Morgan fingerprint density at radius 1 is 0.679 bits per heavy atom. The molecule has 0 aliphatic heterocycles. The first kappa shape index (κ1) is 20.1. The summed E-state index contributed by atoms with van der Waals surface area (Å²) in [7, 11) is 0. The minimum absolute atomic E-state index is 0.0125. The molecule has 0 saturated heterocycles. The first-order valence-electron chi connectivity index (χ1n) is 9.90. The number of benzene rings is 3. The Balaban J connectivity index is 1.65. The molecule has 3 aromatic rings. The quantitative estimate of drug-likeness (QED) is 0.419. The number of hydrogen-bond donors (Lipinski definition) is 0. The third-order valence-electron chi connectivity index (χ3n) is 4.92. The maximum Gasteiger partial charge on any atom is 0.200 e. The molecule has 0 atom stereocenters. The van der Waals surface area contributed by atoms with Gasteiger partial charge in [0.1, 0.15) is 0 Å². The van der Waals surface area contributed by atoms with E-state index in [-0.39, 0.29) is 5.75 Å². The zero-order valence-electron chi connectivity index (χ0n) is 16.5. The van der Waals surface area contributed by atoms with Crippen molar-refractivity contribution in [1.29, 1.82) is 0 Å². The fourth-order valence-corrected chi connectivity index (χ4v) is 3.16. The molecule has 1 nitrogen and oxygen atoms in total. The van der Waals surface area contributed by atoms with Crippen molar-refractivity contribution < 1.29 is 13.5 Å². The third kappa shape index (κ3) is 4.78. The topological polar surface area (TPSA) is 9.23 Å².